The van der Waals surface area contributed by atoms with Gasteiger partial charge in [0.15, 0.2) is 11.6 Å². The minimum Gasteiger partial charge on any atom is -0.494 e. The van der Waals surface area contributed by atoms with Gasteiger partial charge < -0.3 is 10.1 Å². The molecule has 0 aliphatic heterocycles. The maximum absolute atomic E-state index is 13.9. The number of benzene rings is 1. The topological polar surface area (TPSA) is 21.3 Å². The van der Waals surface area contributed by atoms with E-state index >= 15 is 0 Å². The third kappa shape index (κ3) is 4.03. The Morgan fingerprint density at radius 3 is 2.84 bits per heavy atom. The molecule has 19 heavy (non-hydrogen) atoms. The van der Waals surface area contributed by atoms with Gasteiger partial charge in [0.25, 0.3) is 0 Å². The van der Waals surface area contributed by atoms with Crippen molar-refractivity contribution in [1.82, 2.24) is 5.32 Å². The number of rotatable bonds is 6. The van der Waals surface area contributed by atoms with Crippen LogP contribution in [0.2, 0.25) is 0 Å². The summed E-state index contributed by atoms with van der Waals surface area (Å²) in [6.07, 6.45) is 0.946. The van der Waals surface area contributed by atoms with Gasteiger partial charge in [-0.2, -0.15) is 0 Å². The summed E-state index contributed by atoms with van der Waals surface area (Å²) in [5.74, 6) is 0.0119. The molecule has 2 nitrogen and oxygen atoms in total. The Balaban J connectivity index is 1.82. The predicted molar refractivity (Wildman–Crippen MR) is 80.4 cm³/mol. The average molecular weight is 344 g/mol. The van der Waals surface area contributed by atoms with Crippen molar-refractivity contribution in [2.24, 2.45) is 0 Å². The highest BCUT2D eigenvalue weighted by molar-refractivity contribution is 9.11. The van der Waals surface area contributed by atoms with E-state index in [9.17, 15) is 4.39 Å². The summed E-state index contributed by atoms with van der Waals surface area (Å²) in [4.78, 5) is 1.31. The van der Waals surface area contributed by atoms with Crippen LogP contribution in [0, 0.1) is 5.82 Å². The molecule has 5 heteroatoms. The first-order chi connectivity index (χ1) is 9.20. The van der Waals surface area contributed by atoms with Crippen molar-refractivity contribution in [2.75, 3.05) is 13.7 Å². The maximum atomic E-state index is 13.9. The van der Waals surface area contributed by atoms with Crippen molar-refractivity contribution < 1.29 is 9.13 Å². The molecule has 0 aliphatic rings. The van der Waals surface area contributed by atoms with Crippen molar-refractivity contribution in [3.8, 4) is 5.75 Å². The Morgan fingerprint density at radius 2 is 2.16 bits per heavy atom. The van der Waals surface area contributed by atoms with Gasteiger partial charge in [0.2, 0.25) is 0 Å². The van der Waals surface area contributed by atoms with Crippen molar-refractivity contribution in [1.29, 1.82) is 0 Å². The summed E-state index contributed by atoms with van der Waals surface area (Å²) in [6, 6.07) is 9.34. The zero-order valence-corrected chi connectivity index (χ0v) is 13.0. The zero-order valence-electron chi connectivity index (χ0n) is 10.6. The molecule has 1 heterocycles. The monoisotopic (exact) mass is 343 g/mol. The highest BCUT2D eigenvalue weighted by atomic mass is 79.9. The lowest BCUT2D eigenvalue weighted by Gasteiger charge is -2.08. The lowest BCUT2D eigenvalue weighted by Crippen LogP contribution is -2.17. The smallest absolute Gasteiger partial charge is 0.169 e. The van der Waals surface area contributed by atoms with Crippen LogP contribution in [0.1, 0.15) is 10.4 Å². The van der Waals surface area contributed by atoms with E-state index in [0.717, 1.165) is 16.8 Å². The highest BCUT2D eigenvalue weighted by Gasteiger charge is 2.07. The SMILES string of the molecule is COc1cccc(CNCCc2ccc(Br)s2)c1F. The number of ether oxygens (including phenoxy) is 1. The third-order valence-corrected chi connectivity index (χ3v) is 4.44. The number of thiophene rings is 1. The van der Waals surface area contributed by atoms with Crippen LogP contribution in [0.5, 0.6) is 5.75 Å². The van der Waals surface area contributed by atoms with Gasteiger partial charge in [0.05, 0.1) is 10.9 Å². The standard InChI is InChI=1S/C14H15BrFNOS/c1-18-12-4-2-3-10(14(12)16)9-17-8-7-11-5-6-13(15)19-11/h2-6,17H,7-9H2,1H3. The second-order valence-corrected chi connectivity index (χ2v) is 6.61. The fraction of sp³-hybridized carbons (Fsp3) is 0.286. The van der Waals surface area contributed by atoms with Crippen LogP contribution in [-0.4, -0.2) is 13.7 Å². The average Bonchev–Trinajstić information content (AvgIpc) is 2.82. The van der Waals surface area contributed by atoms with Gasteiger partial charge in [-0.1, -0.05) is 12.1 Å². The van der Waals surface area contributed by atoms with Gasteiger partial charge in [-0.3, -0.25) is 0 Å². The van der Waals surface area contributed by atoms with Crippen LogP contribution in [0.15, 0.2) is 34.1 Å². The normalized spacial score (nSPS) is 10.7. The lowest BCUT2D eigenvalue weighted by molar-refractivity contribution is 0.383. The van der Waals surface area contributed by atoms with Crippen molar-refractivity contribution in [3.63, 3.8) is 0 Å². The van der Waals surface area contributed by atoms with Gasteiger partial charge in [-0.15, -0.1) is 11.3 Å². The molecular formula is C14H15BrFNOS. The molecule has 0 amide bonds. The van der Waals surface area contributed by atoms with Crippen LogP contribution < -0.4 is 10.1 Å². The van der Waals surface area contributed by atoms with Crippen LogP contribution in [0.4, 0.5) is 4.39 Å². The lowest BCUT2D eigenvalue weighted by atomic mass is 10.2. The molecule has 0 saturated carbocycles. The van der Waals surface area contributed by atoms with Crippen molar-refractivity contribution in [3.05, 3.63) is 50.4 Å². The van der Waals surface area contributed by atoms with Crippen LogP contribution in [0.25, 0.3) is 0 Å². The minimum atomic E-state index is -0.281. The second kappa shape index (κ2) is 7.03. The molecule has 0 aliphatic carbocycles. The third-order valence-electron chi connectivity index (χ3n) is 2.76. The summed E-state index contributed by atoms with van der Waals surface area (Å²) in [5.41, 5.74) is 0.631. The Hall–Kier alpha value is -0.910. The number of halogens is 2. The van der Waals surface area contributed by atoms with E-state index in [0.29, 0.717) is 17.9 Å². The Bertz CT molecular complexity index is 544. The molecule has 2 aromatic rings. The van der Waals surface area contributed by atoms with E-state index in [2.05, 4.69) is 27.3 Å². The first kappa shape index (κ1) is 14.5. The Morgan fingerprint density at radius 1 is 1.32 bits per heavy atom. The molecule has 2 rings (SSSR count). The van der Waals surface area contributed by atoms with Crippen LogP contribution in [0.3, 0.4) is 0 Å². The van der Waals surface area contributed by atoms with Gasteiger partial charge in [0.1, 0.15) is 0 Å². The molecule has 0 saturated heterocycles. The van der Waals surface area contributed by atoms with Crippen molar-refractivity contribution in [2.45, 2.75) is 13.0 Å². The molecule has 1 aromatic carbocycles. The molecule has 0 bridgehead atoms. The number of hydrogen-bond donors (Lipinski definition) is 1. The summed E-state index contributed by atoms with van der Waals surface area (Å²) >= 11 is 5.16. The first-order valence-electron chi connectivity index (χ1n) is 5.97. The first-order valence-corrected chi connectivity index (χ1v) is 7.58. The van der Waals surface area contributed by atoms with E-state index in [4.69, 9.17) is 4.74 Å². The van der Waals surface area contributed by atoms with Crippen LogP contribution in [-0.2, 0) is 13.0 Å². The van der Waals surface area contributed by atoms with E-state index < -0.39 is 0 Å². The highest BCUT2D eigenvalue weighted by Crippen LogP contribution is 2.22. The van der Waals surface area contributed by atoms with Gasteiger partial charge >= 0.3 is 0 Å². The van der Waals surface area contributed by atoms with E-state index in [1.807, 2.05) is 6.07 Å². The molecule has 0 unspecified atom stereocenters. The fourth-order valence-electron chi connectivity index (χ4n) is 1.77. The van der Waals surface area contributed by atoms with Crippen molar-refractivity contribution >= 4 is 27.3 Å². The second-order valence-electron chi connectivity index (χ2n) is 4.07. The maximum Gasteiger partial charge on any atom is 0.169 e. The minimum absolute atomic E-state index is 0.281. The molecule has 0 spiro atoms. The predicted octanol–water partition coefficient (Wildman–Crippen LogP) is 3.99. The molecule has 102 valence electrons. The van der Waals surface area contributed by atoms with Gasteiger partial charge in [0, 0.05) is 23.5 Å². The molecule has 0 radical (unpaired) electrons. The molecule has 0 fully saturated rings. The molecule has 1 aromatic heterocycles. The zero-order chi connectivity index (χ0) is 13.7. The molecule has 0 atom stereocenters. The van der Waals surface area contributed by atoms with E-state index in [1.165, 1.54) is 12.0 Å². The number of hydrogen-bond acceptors (Lipinski definition) is 3. The summed E-state index contributed by atoms with van der Waals surface area (Å²) in [7, 11) is 1.48. The largest absolute Gasteiger partial charge is 0.494 e. The summed E-state index contributed by atoms with van der Waals surface area (Å²) in [5, 5.41) is 3.25. The molecular weight excluding hydrogens is 329 g/mol. The Labute approximate surface area is 124 Å². The summed E-state index contributed by atoms with van der Waals surface area (Å²) < 4.78 is 20.0. The fourth-order valence-corrected chi connectivity index (χ4v) is 3.25. The van der Waals surface area contributed by atoms with Gasteiger partial charge in [-0.25, -0.2) is 4.39 Å². The van der Waals surface area contributed by atoms with Crippen LogP contribution >= 0.6 is 27.3 Å². The summed E-state index contributed by atoms with van der Waals surface area (Å²) in [6.45, 7) is 1.33. The van der Waals surface area contributed by atoms with E-state index in [-0.39, 0.29) is 5.82 Å². The Kier molecular flexibility index (Phi) is 5.36. The van der Waals surface area contributed by atoms with E-state index in [1.54, 1.807) is 29.5 Å². The number of methoxy groups -OCH3 is 1. The number of nitrogens with one attached hydrogen (secondary N) is 1. The quantitative estimate of drug-likeness (QED) is 0.800. The van der Waals surface area contributed by atoms with Gasteiger partial charge in [-0.05, 0) is 40.5 Å². The molecule has 1 N–H and O–H groups in total.